The largest absolute Gasteiger partial charge is 0.481 e. The van der Waals surface area contributed by atoms with Crippen LogP contribution >= 0.6 is 34.5 Å². The molecule has 0 amide bonds. The summed E-state index contributed by atoms with van der Waals surface area (Å²) in [6.07, 6.45) is 1.50. The Morgan fingerprint density at radius 1 is 1.25 bits per heavy atom. The fourth-order valence-corrected chi connectivity index (χ4v) is 4.39. The Morgan fingerprint density at radius 3 is 2.50 bits per heavy atom. The Kier molecular flexibility index (Phi) is 9.05. The van der Waals surface area contributed by atoms with E-state index in [0.717, 1.165) is 18.4 Å². The predicted molar refractivity (Wildman–Crippen MR) is 116 cm³/mol. The van der Waals surface area contributed by atoms with E-state index in [1.54, 1.807) is 23.5 Å². The molecule has 5 nitrogen and oxygen atoms in total. The smallest absolute Gasteiger partial charge is 0.307 e. The molecular formula is C20H26Cl2N2O3S. The third-order valence-corrected chi connectivity index (χ3v) is 6.26. The molecule has 8 heteroatoms. The number of aliphatic hydroxyl groups excluding tert-OH is 1. The first-order valence-electron chi connectivity index (χ1n) is 9.19. The van der Waals surface area contributed by atoms with Crippen molar-refractivity contribution in [3.8, 4) is 0 Å². The van der Waals surface area contributed by atoms with E-state index in [0.29, 0.717) is 40.8 Å². The third-order valence-electron chi connectivity index (χ3n) is 4.93. The van der Waals surface area contributed by atoms with Crippen LogP contribution in [0.4, 0.5) is 5.69 Å². The molecule has 5 N–H and O–H groups in total. The van der Waals surface area contributed by atoms with Crippen LogP contribution in [0.5, 0.6) is 0 Å². The number of nitrogens with two attached hydrogens (primary N) is 1. The molecule has 1 aromatic heterocycles. The molecule has 3 atom stereocenters. The first-order valence-corrected chi connectivity index (χ1v) is 10.9. The first-order chi connectivity index (χ1) is 13.3. The number of halogens is 2. The molecule has 2 aromatic rings. The van der Waals surface area contributed by atoms with E-state index in [2.05, 4.69) is 5.32 Å². The summed E-state index contributed by atoms with van der Waals surface area (Å²) in [6.45, 7) is 3.01. The average Bonchev–Trinajstić information content (AvgIpc) is 3.18. The summed E-state index contributed by atoms with van der Waals surface area (Å²) in [5.41, 5.74) is 7.69. The fraction of sp³-hybridized carbons (Fsp3) is 0.450. The minimum absolute atomic E-state index is 0.00135. The van der Waals surface area contributed by atoms with E-state index in [-0.39, 0.29) is 11.8 Å². The van der Waals surface area contributed by atoms with Crippen molar-refractivity contribution in [1.82, 2.24) is 5.32 Å². The lowest BCUT2D eigenvalue weighted by molar-refractivity contribution is -0.142. The number of carboxylic acids is 1. The molecule has 0 saturated carbocycles. The normalized spacial score (nSPS) is 14.6. The van der Waals surface area contributed by atoms with Crippen molar-refractivity contribution in [2.75, 3.05) is 18.8 Å². The summed E-state index contributed by atoms with van der Waals surface area (Å²) >= 11 is 13.6. The number of aliphatic carboxylic acids is 1. The van der Waals surface area contributed by atoms with E-state index < -0.39 is 12.1 Å². The second-order valence-electron chi connectivity index (χ2n) is 6.90. The molecule has 2 rings (SSSR count). The Hall–Kier alpha value is -1.31. The monoisotopic (exact) mass is 444 g/mol. The van der Waals surface area contributed by atoms with Gasteiger partial charge in [0, 0.05) is 6.54 Å². The van der Waals surface area contributed by atoms with Crippen LogP contribution in [0.1, 0.15) is 49.3 Å². The molecule has 0 saturated heterocycles. The van der Waals surface area contributed by atoms with Gasteiger partial charge >= 0.3 is 5.97 Å². The number of nitrogens with one attached hydrogen (secondary N) is 1. The van der Waals surface area contributed by atoms with Crippen LogP contribution in [-0.4, -0.2) is 29.3 Å². The minimum atomic E-state index is -0.751. The topological polar surface area (TPSA) is 95.6 Å². The highest BCUT2D eigenvalue weighted by molar-refractivity contribution is 7.08. The van der Waals surface area contributed by atoms with Crippen molar-refractivity contribution in [2.24, 2.45) is 5.92 Å². The summed E-state index contributed by atoms with van der Waals surface area (Å²) in [5, 5.41) is 27.6. The Morgan fingerprint density at radius 2 is 1.93 bits per heavy atom. The van der Waals surface area contributed by atoms with Crippen molar-refractivity contribution < 1.29 is 15.0 Å². The van der Waals surface area contributed by atoms with Gasteiger partial charge in [-0.2, -0.15) is 11.3 Å². The first kappa shape index (κ1) is 23.0. The average molecular weight is 445 g/mol. The molecule has 0 fully saturated rings. The molecular weight excluding hydrogens is 419 g/mol. The van der Waals surface area contributed by atoms with E-state index in [4.69, 9.17) is 28.9 Å². The molecule has 28 heavy (non-hydrogen) atoms. The number of rotatable bonds is 11. The van der Waals surface area contributed by atoms with Gasteiger partial charge in [-0.25, -0.2) is 0 Å². The Bertz CT molecular complexity index is 748. The SMILES string of the molecule is CC(c1ccsc1)C(CCCCNCC(O)c1cc(Cl)c(N)c(Cl)c1)C(=O)O. The lowest BCUT2D eigenvalue weighted by Crippen LogP contribution is -2.23. The number of hydrogen-bond acceptors (Lipinski definition) is 5. The van der Waals surface area contributed by atoms with Crippen molar-refractivity contribution >= 4 is 46.2 Å². The highest BCUT2D eigenvalue weighted by Gasteiger charge is 2.25. The van der Waals surface area contributed by atoms with E-state index in [1.165, 1.54) is 0 Å². The summed E-state index contributed by atoms with van der Waals surface area (Å²) < 4.78 is 0. The third kappa shape index (κ3) is 6.36. The zero-order valence-electron chi connectivity index (χ0n) is 15.7. The maximum atomic E-state index is 11.6. The van der Waals surface area contributed by atoms with Gasteiger partial charge in [0.05, 0.1) is 27.8 Å². The zero-order valence-corrected chi connectivity index (χ0v) is 18.0. The summed E-state index contributed by atoms with van der Waals surface area (Å²) in [4.78, 5) is 11.6. The van der Waals surface area contributed by atoms with Crippen LogP contribution in [-0.2, 0) is 4.79 Å². The van der Waals surface area contributed by atoms with Gasteiger partial charge in [0.1, 0.15) is 0 Å². The molecule has 3 unspecified atom stereocenters. The lowest BCUT2D eigenvalue weighted by Gasteiger charge is -2.19. The molecule has 154 valence electrons. The number of unbranched alkanes of at least 4 members (excludes halogenated alkanes) is 1. The molecule has 0 radical (unpaired) electrons. The van der Waals surface area contributed by atoms with Gasteiger partial charge in [-0.05, 0) is 65.4 Å². The van der Waals surface area contributed by atoms with Gasteiger partial charge < -0.3 is 21.3 Å². The summed E-state index contributed by atoms with van der Waals surface area (Å²) in [6, 6.07) is 5.21. The van der Waals surface area contributed by atoms with E-state index >= 15 is 0 Å². The lowest BCUT2D eigenvalue weighted by atomic mass is 9.85. The Labute approximate surface area is 179 Å². The van der Waals surface area contributed by atoms with Gasteiger partial charge in [0.15, 0.2) is 0 Å². The van der Waals surface area contributed by atoms with Gasteiger partial charge in [-0.1, -0.05) is 36.5 Å². The van der Waals surface area contributed by atoms with Gasteiger partial charge in [0.25, 0.3) is 0 Å². The fourth-order valence-electron chi connectivity index (χ4n) is 3.12. The second-order valence-corrected chi connectivity index (χ2v) is 8.50. The zero-order chi connectivity index (χ0) is 20.7. The number of hydrogen-bond donors (Lipinski definition) is 4. The number of benzene rings is 1. The quantitative estimate of drug-likeness (QED) is 0.290. The van der Waals surface area contributed by atoms with E-state index in [9.17, 15) is 15.0 Å². The maximum Gasteiger partial charge on any atom is 0.307 e. The standard InChI is InChI=1S/C20H26Cl2N2O3S/c1-12(13-5-7-28-11-13)15(20(26)27)4-2-3-6-24-10-18(25)14-8-16(21)19(23)17(22)9-14/h5,7-9,11-12,15,18,24-25H,2-4,6,10,23H2,1H3,(H,26,27). The predicted octanol–water partition coefficient (Wildman–Crippen LogP) is 4.93. The number of nitrogen functional groups attached to an aromatic ring is 1. The highest BCUT2D eigenvalue weighted by atomic mass is 35.5. The number of aliphatic hydroxyl groups is 1. The molecule has 1 aromatic carbocycles. The van der Waals surface area contributed by atoms with Crippen LogP contribution in [0.25, 0.3) is 0 Å². The molecule has 0 bridgehead atoms. The molecule has 1 heterocycles. The van der Waals surface area contributed by atoms with Crippen molar-refractivity contribution in [2.45, 2.75) is 38.2 Å². The van der Waals surface area contributed by atoms with Crippen LogP contribution in [0.3, 0.4) is 0 Å². The maximum absolute atomic E-state index is 11.6. The summed E-state index contributed by atoms with van der Waals surface area (Å²) in [5.74, 6) is -1.14. The van der Waals surface area contributed by atoms with Crippen LogP contribution in [0.2, 0.25) is 10.0 Å². The van der Waals surface area contributed by atoms with Crippen LogP contribution in [0.15, 0.2) is 29.0 Å². The van der Waals surface area contributed by atoms with Crippen LogP contribution < -0.4 is 11.1 Å². The van der Waals surface area contributed by atoms with Crippen molar-refractivity contribution in [3.05, 3.63) is 50.1 Å². The number of anilines is 1. The molecule has 0 aliphatic carbocycles. The number of carbonyl (C=O) groups is 1. The van der Waals surface area contributed by atoms with Crippen molar-refractivity contribution in [1.29, 1.82) is 0 Å². The van der Waals surface area contributed by atoms with Crippen LogP contribution in [0, 0.1) is 5.92 Å². The van der Waals surface area contributed by atoms with Gasteiger partial charge in [-0.15, -0.1) is 0 Å². The van der Waals surface area contributed by atoms with E-state index in [1.807, 2.05) is 23.8 Å². The Balaban J connectivity index is 1.72. The summed E-state index contributed by atoms with van der Waals surface area (Å²) in [7, 11) is 0. The number of carboxylic acid groups (broad SMARTS) is 1. The van der Waals surface area contributed by atoms with Gasteiger partial charge in [-0.3, -0.25) is 4.79 Å². The number of thiophene rings is 1. The molecule has 0 spiro atoms. The molecule has 0 aliphatic heterocycles. The van der Waals surface area contributed by atoms with Crippen molar-refractivity contribution in [3.63, 3.8) is 0 Å². The molecule has 0 aliphatic rings. The van der Waals surface area contributed by atoms with Gasteiger partial charge in [0.2, 0.25) is 0 Å². The second kappa shape index (κ2) is 11.0. The highest BCUT2D eigenvalue weighted by Crippen LogP contribution is 2.31. The minimum Gasteiger partial charge on any atom is -0.481 e.